The number of hydrogen-bond acceptors (Lipinski definition) is 7. The predicted octanol–water partition coefficient (Wildman–Crippen LogP) is 1.95. The topological polar surface area (TPSA) is 101 Å². The Balaban J connectivity index is 1.99. The van der Waals surface area contributed by atoms with Gasteiger partial charge in [0.25, 0.3) is 0 Å². The molecule has 0 amide bonds. The average molecular weight is 306 g/mol. The number of nitrogen functional groups attached to an aromatic ring is 1. The third-order valence-corrected chi connectivity index (χ3v) is 4.36. The lowest BCUT2D eigenvalue weighted by molar-refractivity contribution is -0.383. The van der Waals surface area contributed by atoms with Crippen LogP contribution in [-0.2, 0) is 0 Å². The van der Waals surface area contributed by atoms with Crippen molar-refractivity contribution in [1.82, 2.24) is 9.97 Å². The molecule has 1 aromatic heterocycles. The molecule has 2 saturated heterocycles. The van der Waals surface area contributed by atoms with Gasteiger partial charge in [0, 0.05) is 26.2 Å². The van der Waals surface area contributed by atoms with Crippen molar-refractivity contribution >= 4 is 23.3 Å². The van der Waals surface area contributed by atoms with Crippen LogP contribution >= 0.6 is 0 Å². The Bertz CT molecular complexity index is 553. The first-order valence-corrected chi connectivity index (χ1v) is 7.98. The Hall–Kier alpha value is -2.12. The summed E-state index contributed by atoms with van der Waals surface area (Å²) in [4.78, 5) is 23.7. The number of nitrogens with zero attached hydrogens (tertiary/aromatic N) is 5. The Labute approximate surface area is 129 Å². The molecule has 0 atom stereocenters. The summed E-state index contributed by atoms with van der Waals surface area (Å²) >= 11 is 0. The highest BCUT2D eigenvalue weighted by Gasteiger charge is 2.29. The van der Waals surface area contributed by atoms with Crippen molar-refractivity contribution in [2.75, 3.05) is 41.7 Å². The maximum atomic E-state index is 11.4. The molecule has 2 aliphatic rings. The van der Waals surface area contributed by atoms with Gasteiger partial charge in [0.15, 0.2) is 0 Å². The van der Waals surface area contributed by atoms with Crippen molar-refractivity contribution in [1.29, 1.82) is 0 Å². The molecule has 120 valence electrons. The minimum absolute atomic E-state index is 0.0267. The molecule has 0 radical (unpaired) electrons. The lowest BCUT2D eigenvalue weighted by atomic mass is 10.1. The van der Waals surface area contributed by atoms with Crippen LogP contribution in [0, 0.1) is 10.1 Å². The van der Waals surface area contributed by atoms with Gasteiger partial charge in [-0.25, -0.2) is 0 Å². The van der Waals surface area contributed by atoms with E-state index in [1.54, 1.807) is 0 Å². The van der Waals surface area contributed by atoms with Gasteiger partial charge in [-0.15, -0.1) is 0 Å². The monoisotopic (exact) mass is 306 g/mol. The highest BCUT2D eigenvalue weighted by Crippen LogP contribution is 2.34. The number of aromatic nitrogens is 2. The zero-order valence-electron chi connectivity index (χ0n) is 12.7. The molecule has 0 bridgehead atoms. The Kier molecular flexibility index (Phi) is 4.26. The maximum Gasteiger partial charge on any atom is 0.353 e. The SMILES string of the molecule is Nc1nc(N2CCCCC2)nc(N2CCCCC2)c1[N+](=O)[O-]. The van der Waals surface area contributed by atoms with Crippen LogP contribution in [0.1, 0.15) is 38.5 Å². The summed E-state index contributed by atoms with van der Waals surface area (Å²) in [6.07, 6.45) is 6.61. The molecule has 1 aromatic rings. The zero-order chi connectivity index (χ0) is 15.5. The van der Waals surface area contributed by atoms with Gasteiger partial charge in [-0.3, -0.25) is 10.1 Å². The van der Waals surface area contributed by atoms with E-state index in [9.17, 15) is 10.1 Å². The Morgan fingerprint density at radius 3 is 2.00 bits per heavy atom. The number of nitro groups is 1. The van der Waals surface area contributed by atoms with E-state index >= 15 is 0 Å². The highest BCUT2D eigenvalue weighted by molar-refractivity contribution is 5.71. The molecular formula is C14H22N6O2. The van der Waals surface area contributed by atoms with Crippen molar-refractivity contribution in [3.63, 3.8) is 0 Å². The van der Waals surface area contributed by atoms with E-state index in [4.69, 9.17) is 5.73 Å². The van der Waals surface area contributed by atoms with E-state index < -0.39 is 4.92 Å². The van der Waals surface area contributed by atoms with Crippen LogP contribution in [-0.4, -0.2) is 41.1 Å². The molecule has 8 nitrogen and oxygen atoms in total. The second-order valence-electron chi connectivity index (χ2n) is 5.93. The summed E-state index contributed by atoms with van der Waals surface area (Å²) in [5.41, 5.74) is 5.74. The number of rotatable bonds is 3. The first kappa shape index (κ1) is 14.8. The van der Waals surface area contributed by atoms with Crippen LogP contribution in [0.2, 0.25) is 0 Å². The molecular weight excluding hydrogens is 284 g/mol. The minimum atomic E-state index is -0.459. The Morgan fingerprint density at radius 1 is 0.909 bits per heavy atom. The average Bonchev–Trinajstić information content (AvgIpc) is 2.55. The van der Waals surface area contributed by atoms with Crippen LogP contribution in [0.4, 0.5) is 23.3 Å². The van der Waals surface area contributed by atoms with Gasteiger partial charge < -0.3 is 15.5 Å². The van der Waals surface area contributed by atoms with E-state index in [1.165, 1.54) is 6.42 Å². The van der Waals surface area contributed by atoms with E-state index in [1.807, 2.05) is 4.90 Å². The molecule has 2 aliphatic heterocycles. The quantitative estimate of drug-likeness (QED) is 0.672. The molecule has 2 fully saturated rings. The van der Waals surface area contributed by atoms with Gasteiger partial charge in [-0.05, 0) is 38.5 Å². The molecule has 0 saturated carbocycles. The van der Waals surface area contributed by atoms with Gasteiger partial charge >= 0.3 is 5.69 Å². The minimum Gasteiger partial charge on any atom is -0.378 e. The maximum absolute atomic E-state index is 11.4. The van der Waals surface area contributed by atoms with Crippen molar-refractivity contribution in [3.8, 4) is 0 Å². The first-order valence-electron chi connectivity index (χ1n) is 7.98. The van der Waals surface area contributed by atoms with Crippen molar-refractivity contribution < 1.29 is 4.92 Å². The molecule has 2 N–H and O–H groups in total. The van der Waals surface area contributed by atoms with Gasteiger partial charge in [0.1, 0.15) is 0 Å². The first-order chi connectivity index (χ1) is 10.7. The van der Waals surface area contributed by atoms with E-state index in [2.05, 4.69) is 14.9 Å². The number of anilines is 3. The van der Waals surface area contributed by atoms with Crippen molar-refractivity contribution in [2.24, 2.45) is 0 Å². The van der Waals surface area contributed by atoms with Gasteiger partial charge in [0.05, 0.1) is 4.92 Å². The molecule has 0 aliphatic carbocycles. The summed E-state index contributed by atoms with van der Waals surface area (Å²) in [5.74, 6) is 0.891. The largest absolute Gasteiger partial charge is 0.378 e. The fourth-order valence-corrected chi connectivity index (χ4v) is 3.18. The lowest BCUT2D eigenvalue weighted by Crippen LogP contribution is -2.34. The van der Waals surface area contributed by atoms with E-state index in [0.717, 1.165) is 58.3 Å². The molecule has 0 unspecified atom stereocenters. The predicted molar refractivity (Wildman–Crippen MR) is 85.2 cm³/mol. The lowest BCUT2D eigenvalue weighted by Gasteiger charge is -2.30. The molecule has 3 rings (SSSR count). The van der Waals surface area contributed by atoms with Crippen molar-refractivity contribution in [2.45, 2.75) is 38.5 Å². The number of nitrogens with two attached hydrogens (primary N) is 1. The van der Waals surface area contributed by atoms with Crippen LogP contribution < -0.4 is 15.5 Å². The molecule has 8 heteroatoms. The van der Waals surface area contributed by atoms with E-state index in [0.29, 0.717) is 11.8 Å². The summed E-state index contributed by atoms with van der Waals surface area (Å²) in [6, 6.07) is 0. The summed E-state index contributed by atoms with van der Waals surface area (Å²) < 4.78 is 0. The molecule has 3 heterocycles. The second-order valence-corrected chi connectivity index (χ2v) is 5.93. The van der Waals surface area contributed by atoms with Crippen LogP contribution in [0.5, 0.6) is 0 Å². The van der Waals surface area contributed by atoms with Crippen LogP contribution in [0.15, 0.2) is 0 Å². The van der Waals surface area contributed by atoms with Gasteiger partial charge in [-0.1, -0.05) is 0 Å². The van der Waals surface area contributed by atoms with E-state index in [-0.39, 0.29) is 11.5 Å². The fraction of sp³-hybridized carbons (Fsp3) is 0.714. The third-order valence-electron chi connectivity index (χ3n) is 4.36. The van der Waals surface area contributed by atoms with Gasteiger partial charge in [-0.2, -0.15) is 9.97 Å². The smallest absolute Gasteiger partial charge is 0.353 e. The molecule has 0 spiro atoms. The Morgan fingerprint density at radius 2 is 1.45 bits per heavy atom. The third kappa shape index (κ3) is 2.90. The molecule has 0 aromatic carbocycles. The van der Waals surface area contributed by atoms with Crippen LogP contribution in [0.3, 0.4) is 0 Å². The molecule has 22 heavy (non-hydrogen) atoms. The van der Waals surface area contributed by atoms with Gasteiger partial charge in [0.2, 0.25) is 17.6 Å². The fourth-order valence-electron chi connectivity index (χ4n) is 3.18. The van der Waals surface area contributed by atoms with Crippen LogP contribution in [0.25, 0.3) is 0 Å². The number of hydrogen-bond donors (Lipinski definition) is 1. The zero-order valence-corrected chi connectivity index (χ0v) is 12.7. The standard InChI is InChI=1S/C14H22N6O2/c15-12-11(20(21)22)13(18-7-3-1-4-8-18)17-14(16-12)19-9-5-2-6-10-19/h1-10H2,(H2,15,16,17). The number of piperidine rings is 2. The summed E-state index contributed by atoms with van der Waals surface area (Å²) in [7, 11) is 0. The normalized spacial score (nSPS) is 19.3. The highest BCUT2D eigenvalue weighted by atomic mass is 16.6. The second kappa shape index (κ2) is 6.33. The van der Waals surface area contributed by atoms with Crippen molar-refractivity contribution in [3.05, 3.63) is 10.1 Å². The summed E-state index contributed by atoms with van der Waals surface area (Å²) in [6.45, 7) is 3.35. The summed E-state index contributed by atoms with van der Waals surface area (Å²) in [5, 5.41) is 11.4.